The molecule has 5 nitrogen and oxygen atoms in total. The van der Waals surface area contributed by atoms with Crippen LogP contribution in [0.5, 0.6) is 5.75 Å². The van der Waals surface area contributed by atoms with Crippen molar-refractivity contribution in [2.75, 3.05) is 42.9 Å². The number of likely N-dealkylation sites (N-methyl/N-ethyl adjacent to an activating group) is 1. The standard InChI is InChI=1S/C22H28ClN3O2/c1-4-25-11-13-26(14-12-25)21-10-7-18(15-20(21)23)24-22(27)17-5-8-19(9-6-17)28-16(2)3/h5-10,15-16H,4,11-14H2,1-3H3,(H,24,27)/p+1. The van der Waals surface area contributed by atoms with Crippen molar-refractivity contribution < 1.29 is 14.4 Å². The number of amides is 1. The van der Waals surface area contributed by atoms with E-state index in [9.17, 15) is 4.79 Å². The number of halogens is 1. The lowest BCUT2D eigenvalue weighted by atomic mass is 10.2. The van der Waals surface area contributed by atoms with Crippen LogP contribution in [-0.2, 0) is 0 Å². The molecule has 1 amide bonds. The number of nitrogens with zero attached hydrogens (tertiary/aromatic N) is 1. The van der Waals surface area contributed by atoms with Crippen molar-refractivity contribution in [2.24, 2.45) is 0 Å². The second-order valence-electron chi connectivity index (χ2n) is 7.40. The SMILES string of the molecule is CC[NH+]1CCN(c2ccc(NC(=O)c3ccc(OC(C)C)cc3)cc2Cl)CC1. The van der Waals surface area contributed by atoms with Crippen LogP contribution >= 0.6 is 11.6 Å². The van der Waals surface area contributed by atoms with Crippen LogP contribution in [0.3, 0.4) is 0 Å². The van der Waals surface area contributed by atoms with E-state index in [0.29, 0.717) is 16.3 Å². The summed E-state index contributed by atoms with van der Waals surface area (Å²) in [6, 6.07) is 12.9. The fourth-order valence-electron chi connectivity index (χ4n) is 3.42. The van der Waals surface area contributed by atoms with Crippen molar-refractivity contribution in [3.63, 3.8) is 0 Å². The number of carbonyl (C=O) groups is 1. The second kappa shape index (κ2) is 9.30. The van der Waals surface area contributed by atoms with Crippen LogP contribution in [-0.4, -0.2) is 44.7 Å². The molecule has 0 unspecified atom stereocenters. The van der Waals surface area contributed by atoms with Gasteiger partial charge < -0.3 is 19.9 Å². The summed E-state index contributed by atoms with van der Waals surface area (Å²) in [5.41, 5.74) is 2.30. The topological polar surface area (TPSA) is 46.0 Å². The minimum absolute atomic E-state index is 0.103. The van der Waals surface area contributed by atoms with E-state index in [2.05, 4.69) is 17.1 Å². The van der Waals surface area contributed by atoms with Crippen LogP contribution in [0.4, 0.5) is 11.4 Å². The fourth-order valence-corrected chi connectivity index (χ4v) is 3.72. The summed E-state index contributed by atoms with van der Waals surface area (Å²) in [4.78, 5) is 16.5. The third kappa shape index (κ3) is 5.18. The lowest BCUT2D eigenvalue weighted by Gasteiger charge is -2.33. The van der Waals surface area contributed by atoms with Gasteiger partial charge in [0, 0.05) is 11.3 Å². The van der Waals surface area contributed by atoms with Gasteiger partial charge in [-0.15, -0.1) is 0 Å². The van der Waals surface area contributed by atoms with Gasteiger partial charge in [0.15, 0.2) is 0 Å². The molecule has 150 valence electrons. The van der Waals surface area contributed by atoms with Crippen molar-refractivity contribution in [3.8, 4) is 5.75 Å². The molecule has 2 aromatic rings. The van der Waals surface area contributed by atoms with Crippen LogP contribution in [0.25, 0.3) is 0 Å². The van der Waals surface area contributed by atoms with Crippen LogP contribution in [0.15, 0.2) is 42.5 Å². The Balaban J connectivity index is 1.63. The number of anilines is 2. The third-order valence-corrected chi connectivity index (χ3v) is 5.31. The molecule has 28 heavy (non-hydrogen) atoms. The van der Waals surface area contributed by atoms with E-state index >= 15 is 0 Å². The zero-order valence-electron chi connectivity index (χ0n) is 16.8. The number of nitrogens with one attached hydrogen (secondary N) is 2. The molecule has 0 saturated carbocycles. The zero-order chi connectivity index (χ0) is 20.1. The van der Waals surface area contributed by atoms with Crippen molar-refractivity contribution >= 4 is 28.9 Å². The maximum absolute atomic E-state index is 12.5. The van der Waals surface area contributed by atoms with Crippen LogP contribution in [0.2, 0.25) is 5.02 Å². The molecule has 2 N–H and O–H groups in total. The molecule has 1 aliphatic heterocycles. The molecular weight excluding hydrogens is 374 g/mol. The third-order valence-electron chi connectivity index (χ3n) is 5.01. The minimum atomic E-state index is -0.167. The van der Waals surface area contributed by atoms with E-state index in [4.69, 9.17) is 16.3 Å². The summed E-state index contributed by atoms with van der Waals surface area (Å²) in [6.45, 7) is 11.6. The maximum Gasteiger partial charge on any atom is 0.255 e. The van der Waals surface area contributed by atoms with Gasteiger partial charge in [-0.25, -0.2) is 0 Å². The number of carbonyl (C=O) groups excluding carboxylic acids is 1. The Morgan fingerprint density at radius 1 is 1.18 bits per heavy atom. The Hall–Kier alpha value is -2.24. The lowest BCUT2D eigenvalue weighted by Crippen LogP contribution is -3.14. The average Bonchev–Trinajstić information content (AvgIpc) is 2.68. The molecule has 1 heterocycles. The van der Waals surface area contributed by atoms with E-state index < -0.39 is 0 Å². The highest BCUT2D eigenvalue weighted by molar-refractivity contribution is 6.33. The van der Waals surface area contributed by atoms with Gasteiger partial charge in [0.05, 0.1) is 49.5 Å². The summed E-state index contributed by atoms with van der Waals surface area (Å²) in [5.74, 6) is 0.587. The Labute approximate surface area is 172 Å². The van der Waals surface area contributed by atoms with Crippen molar-refractivity contribution in [1.82, 2.24) is 0 Å². The van der Waals surface area contributed by atoms with E-state index in [-0.39, 0.29) is 12.0 Å². The van der Waals surface area contributed by atoms with Gasteiger partial charge in [0.1, 0.15) is 5.75 Å². The van der Waals surface area contributed by atoms with E-state index in [1.165, 1.54) is 0 Å². The van der Waals surface area contributed by atoms with Gasteiger partial charge in [0.2, 0.25) is 0 Å². The number of hydrogen-bond acceptors (Lipinski definition) is 3. The van der Waals surface area contributed by atoms with Gasteiger partial charge in [-0.1, -0.05) is 11.6 Å². The zero-order valence-corrected chi connectivity index (χ0v) is 17.6. The molecule has 3 rings (SSSR count). The van der Waals surface area contributed by atoms with Gasteiger partial charge in [-0.3, -0.25) is 4.79 Å². The highest BCUT2D eigenvalue weighted by Crippen LogP contribution is 2.29. The highest BCUT2D eigenvalue weighted by Gasteiger charge is 2.20. The second-order valence-corrected chi connectivity index (χ2v) is 7.81. The quantitative estimate of drug-likeness (QED) is 0.780. The van der Waals surface area contributed by atoms with E-state index in [1.807, 2.05) is 44.2 Å². The van der Waals surface area contributed by atoms with Crippen LogP contribution < -0.4 is 19.9 Å². The molecule has 0 bridgehead atoms. The van der Waals surface area contributed by atoms with Crippen LogP contribution in [0, 0.1) is 0 Å². The minimum Gasteiger partial charge on any atom is -0.491 e. The molecule has 0 spiro atoms. The van der Waals surface area contributed by atoms with Gasteiger partial charge in [-0.05, 0) is 63.2 Å². The lowest BCUT2D eigenvalue weighted by molar-refractivity contribution is -0.898. The average molecular weight is 403 g/mol. The van der Waals surface area contributed by atoms with Crippen molar-refractivity contribution in [2.45, 2.75) is 26.9 Å². The largest absolute Gasteiger partial charge is 0.491 e. The first-order valence-electron chi connectivity index (χ1n) is 9.92. The normalized spacial score (nSPS) is 15.0. The molecule has 0 aliphatic carbocycles. The first-order valence-corrected chi connectivity index (χ1v) is 10.3. The maximum atomic E-state index is 12.5. The number of benzene rings is 2. The first kappa shape index (κ1) is 20.5. The summed E-state index contributed by atoms with van der Waals surface area (Å²) in [7, 11) is 0. The number of quaternary nitrogens is 1. The molecular formula is C22H29ClN3O2+. The Kier molecular flexibility index (Phi) is 6.81. The molecule has 6 heteroatoms. The molecule has 1 aliphatic rings. The fraction of sp³-hybridized carbons (Fsp3) is 0.409. The molecule has 1 fully saturated rings. The molecule has 0 radical (unpaired) electrons. The van der Waals surface area contributed by atoms with Gasteiger partial charge in [-0.2, -0.15) is 0 Å². The van der Waals surface area contributed by atoms with Crippen LogP contribution in [0.1, 0.15) is 31.1 Å². The Morgan fingerprint density at radius 3 is 2.43 bits per heavy atom. The summed E-state index contributed by atoms with van der Waals surface area (Å²) in [5, 5.41) is 3.58. The predicted molar refractivity (Wildman–Crippen MR) is 115 cm³/mol. The molecule has 1 saturated heterocycles. The first-order chi connectivity index (χ1) is 13.5. The van der Waals surface area contributed by atoms with Gasteiger partial charge >= 0.3 is 0 Å². The number of rotatable bonds is 6. The highest BCUT2D eigenvalue weighted by atomic mass is 35.5. The van der Waals surface area contributed by atoms with Crippen molar-refractivity contribution in [1.29, 1.82) is 0 Å². The molecule has 0 aromatic heterocycles. The monoisotopic (exact) mass is 402 g/mol. The number of ether oxygens (including phenoxy) is 1. The summed E-state index contributed by atoms with van der Waals surface area (Å²) in [6.07, 6.45) is 0.103. The Bertz CT molecular complexity index is 800. The number of hydrogen-bond donors (Lipinski definition) is 2. The Morgan fingerprint density at radius 2 is 1.86 bits per heavy atom. The number of piperazine rings is 1. The summed E-state index contributed by atoms with van der Waals surface area (Å²) >= 11 is 6.52. The van der Waals surface area contributed by atoms with Crippen molar-refractivity contribution in [3.05, 3.63) is 53.1 Å². The molecule has 0 atom stereocenters. The van der Waals surface area contributed by atoms with E-state index in [0.717, 1.165) is 44.2 Å². The van der Waals surface area contributed by atoms with Gasteiger partial charge in [0.25, 0.3) is 5.91 Å². The molecule has 2 aromatic carbocycles. The predicted octanol–water partition coefficient (Wildman–Crippen LogP) is 3.10. The van der Waals surface area contributed by atoms with E-state index in [1.54, 1.807) is 17.0 Å². The smallest absolute Gasteiger partial charge is 0.255 e. The summed E-state index contributed by atoms with van der Waals surface area (Å²) < 4.78 is 5.61.